The summed E-state index contributed by atoms with van der Waals surface area (Å²) in [5, 5.41) is 12.5. The number of carbonyl (C=O) groups excluding carboxylic acids is 1. The van der Waals surface area contributed by atoms with Crippen LogP contribution in [0, 0.1) is 20.8 Å². The van der Waals surface area contributed by atoms with Crippen LogP contribution in [0.4, 0.5) is 5.69 Å². The van der Waals surface area contributed by atoms with E-state index in [2.05, 4.69) is 34.6 Å². The Morgan fingerprint density at radius 2 is 1.64 bits per heavy atom. The summed E-state index contributed by atoms with van der Waals surface area (Å²) in [5.74, 6) is 1.50. The predicted molar refractivity (Wildman–Crippen MR) is 133 cm³/mol. The van der Waals surface area contributed by atoms with Crippen molar-refractivity contribution in [3.8, 4) is 22.8 Å². The van der Waals surface area contributed by atoms with E-state index in [9.17, 15) is 4.79 Å². The van der Waals surface area contributed by atoms with Crippen LogP contribution in [0.3, 0.4) is 0 Å². The van der Waals surface area contributed by atoms with E-state index in [1.165, 1.54) is 17.3 Å². The molecule has 0 aliphatic heterocycles. The highest BCUT2D eigenvalue weighted by Crippen LogP contribution is 2.32. The first-order valence-corrected chi connectivity index (χ1v) is 11.6. The Balaban J connectivity index is 1.63. The molecule has 6 nitrogen and oxygen atoms in total. The summed E-state index contributed by atoms with van der Waals surface area (Å²) in [7, 11) is 1.64. The molecule has 1 N–H and O–H groups in total. The molecule has 0 aliphatic carbocycles. The number of nitrogens with zero attached hydrogens (tertiary/aromatic N) is 3. The van der Waals surface area contributed by atoms with Gasteiger partial charge in [-0.1, -0.05) is 71.9 Å². The first kappa shape index (κ1) is 22.6. The van der Waals surface area contributed by atoms with Crippen molar-refractivity contribution < 1.29 is 9.53 Å². The second-order valence-electron chi connectivity index (χ2n) is 7.79. The second kappa shape index (κ2) is 9.92. The van der Waals surface area contributed by atoms with Gasteiger partial charge in [0.2, 0.25) is 5.91 Å². The third kappa shape index (κ3) is 4.93. The van der Waals surface area contributed by atoms with Crippen molar-refractivity contribution in [3.63, 3.8) is 0 Å². The monoisotopic (exact) mass is 458 g/mol. The average Bonchev–Trinajstić information content (AvgIpc) is 3.24. The first-order valence-electron chi connectivity index (χ1n) is 10.6. The maximum absolute atomic E-state index is 12.8. The number of methoxy groups -OCH3 is 1. The molecule has 168 valence electrons. The number of nitrogens with one attached hydrogen (secondary N) is 1. The smallest absolute Gasteiger partial charge is 0.234 e. The van der Waals surface area contributed by atoms with Crippen LogP contribution in [0.5, 0.6) is 5.75 Å². The van der Waals surface area contributed by atoms with Crippen LogP contribution in [-0.2, 0) is 4.79 Å². The fourth-order valence-corrected chi connectivity index (χ4v) is 4.60. The molecular formula is C26H26N4O2S. The number of carbonyl (C=O) groups is 1. The maximum atomic E-state index is 12.8. The summed E-state index contributed by atoms with van der Waals surface area (Å²) in [5.41, 5.74) is 5.89. The number of thioether (sulfide) groups is 1. The Morgan fingerprint density at radius 3 is 2.33 bits per heavy atom. The van der Waals surface area contributed by atoms with Gasteiger partial charge in [0.1, 0.15) is 5.75 Å². The lowest BCUT2D eigenvalue weighted by atomic mass is 10.1. The van der Waals surface area contributed by atoms with Crippen LogP contribution in [0.1, 0.15) is 16.7 Å². The minimum Gasteiger partial charge on any atom is -0.495 e. The average molecular weight is 459 g/mol. The number of aromatic nitrogens is 3. The van der Waals surface area contributed by atoms with Crippen molar-refractivity contribution in [2.24, 2.45) is 0 Å². The summed E-state index contributed by atoms with van der Waals surface area (Å²) >= 11 is 1.34. The van der Waals surface area contributed by atoms with E-state index in [-0.39, 0.29) is 11.7 Å². The molecule has 0 radical (unpaired) electrons. The quantitative estimate of drug-likeness (QED) is 0.365. The zero-order valence-corrected chi connectivity index (χ0v) is 19.9. The lowest BCUT2D eigenvalue weighted by Gasteiger charge is -2.14. The van der Waals surface area contributed by atoms with Gasteiger partial charge < -0.3 is 10.1 Å². The standard InChI is InChI=1S/C26H26N4O2S/c1-17-14-18(2)24(19(3)15-17)27-23(31)16-33-26-29-28-25(20-10-6-5-7-11-20)30(26)21-12-8-9-13-22(21)32-4/h5-15H,16H2,1-4H3,(H,27,31). The normalized spacial score (nSPS) is 10.8. The number of amides is 1. The van der Waals surface area contributed by atoms with Gasteiger partial charge in [-0.2, -0.15) is 0 Å². The van der Waals surface area contributed by atoms with E-state index in [1.807, 2.05) is 73.0 Å². The molecule has 0 spiro atoms. The summed E-state index contributed by atoms with van der Waals surface area (Å²) in [4.78, 5) is 12.8. The highest BCUT2D eigenvalue weighted by molar-refractivity contribution is 7.99. The Hall–Kier alpha value is -3.58. The summed E-state index contributed by atoms with van der Waals surface area (Å²) in [6.07, 6.45) is 0. The molecule has 0 bridgehead atoms. The number of para-hydroxylation sites is 2. The van der Waals surface area contributed by atoms with E-state index in [0.29, 0.717) is 16.7 Å². The van der Waals surface area contributed by atoms with Crippen molar-refractivity contribution in [2.75, 3.05) is 18.2 Å². The molecule has 0 unspecified atom stereocenters. The third-order valence-electron chi connectivity index (χ3n) is 5.27. The maximum Gasteiger partial charge on any atom is 0.234 e. The Kier molecular flexibility index (Phi) is 6.79. The Morgan fingerprint density at radius 1 is 0.970 bits per heavy atom. The summed E-state index contributed by atoms with van der Waals surface area (Å²) in [6.45, 7) is 6.07. The molecule has 3 aromatic carbocycles. The van der Waals surface area contributed by atoms with Crippen molar-refractivity contribution in [3.05, 3.63) is 83.4 Å². The first-order chi connectivity index (χ1) is 16.0. The van der Waals surface area contributed by atoms with Crippen LogP contribution in [0.2, 0.25) is 0 Å². The molecular weight excluding hydrogens is 432 g/mol. The highest BCUT2D eigenvalue weighted by atomic mass is 32.2. The van der Waals surface area contributed by atoms with Crippen molar-refractivity contribution >= 4 is 23.4 Å². The van der Waals surface area contributed by atoms with E-state index >= 15 is 0 Å². The van der Waals surface area contributed by atoms with Crippen LogP contribution in [-0.4, -0.2) is 33.5 Å². The third-order valence-corrected chi connectivity index (χ3v) is 6.19. The molecule has 33 heavy (non-hydrogen) atoms. The number of hydrogen-bond donors (Lipinski definition) is 1. The van der Waals surface area contributed by atoms with Gasteiger partial charge in [-0.15, -0.1) is 10.2 Å². The molecule has 1 heterocycles. The van der Waals surface area contributed by atoms with Gasteiger partial charge in [-0.3, -0.25) is 9.36 Å². The fraction of sp³-hybridized carbons (Fsp3) is 0.192. The van der Waals surface area contributed by atoms with Gasteiger partial charge in [0, 0.05) is 11.3 Å². The van der Waals surface area contributed by atoms with Gasteiger partial charge in [0.15, 0.2) is 11.0 Å². The second-order valence-corrected chi connectivity index (χ2v) is 8.73. The molecule has 4 aromatic rings. The number of benzene rings is 3. The van der Waals surface area contributed by atoms with Crippen LogP contribution in [0.15, 0.2) is 71.9 Å². The molecule has 0 fully saturated rings. The minimum atomic E-state index is -0.0918. The summed E-state index contributed by atoms with van der Waals surface area (Å²) in [6, 6.07) is 21.7. The van der Waals surface area contributed by atoms with Crippen LogP contribution in [0.25, 0.3) is 17.1 Å². The van der Waals surface area contributed by atoms with Gasteiger partial charge in [0.25, 0.3) is 0 Å². The SMILES string of the molecule is COc1ccccc1-n1c(SCC(=O)Nc2c(C)cc(C)cc2C)nnc1-c1ccccc1. The lowest BCUT2D eigenvalue weighted by Crippen LogP contribution is -2.16. The van der Waals surface area contributed by atoms with Crippen LogP contribution < -0.4 is 10.1 Å². The van der Waals surface area contributed by atoms with Crippen LogP contribution >= 0.6 is 11.8 Å². The van der Waals surface area contributed by atoms with E-state index in [4.69, 9.17) is 4.74 Å². The molecule has 0 saturated carbocycles. The zero-order chi connectivity index (χ0) is 23.4. The lowest BCUT2D eigenvalue weighted by molar-refractivity contribution is -0.113. The minimum absolute atomic E-state index is 0.0918. The molecule has 1 amide bonds. The van der Waals surface area contributed by atoms with Crippen molar-refractivity contribution in [1.29, 1.82) is 0 Å². The predicted octanol–water partition coefficient (Wildman–Crippen LogP) is 5.60. The number of rotatable bonds is 7. The van der Waals surface area contributed by atoms with Gasteiger partial charge in [0.05, 0.1) is 18.6 Å². The zero-order valence-electron chi connectivity index (χ0n) is 19.1. The Bertz CT molecular complexity index is 1260. The number of anilines is 1. The van der Waals surface area contributed by atoms with Crippen molar-refractivity contribution in [1.82, 2.24) is 14.8 Å². The summed E-state index contributed by atoms with van der Waals surface area (Å²) < 4.78 is 7.53. The van der Waals surface area contributed by atoms with Crippen molar-refractivity contribution in [2.45, 2.75) is 25.9 Å². The molecule has 4 rings (SSSR count). The fourth-order valence-electron chi connectivity index (χ4n) is 3.85. The largest absolute Gasteiger partial charge is 0.495 e. The number of aryl methyl sites for hydroxylation is 3. The Labute approximate surface area is 198 Å². The highest BCUT2D eigenvalue weighted by Gasteiger charge is 2.20. The molecule has 1 aromatic heterocycles. The molecule has 0 aliphatic rings. The van der Waals surface area contributed by atoms with Gasteiger partial charge >= 0.3 is 0 Å². The van der Waals surface area contributed by atoms with E-state index in [0.717, 1.165) is 28.1 Å². The van der Waals surface area contributed by atoms with E-state index in [1.54, 1.807) is 7.11 Å². The molecule has 0 atom stereocenters. The molecule has 0 saturated heterocycles. The van der Waals surface area contributed by atoms with Gasteiger partial charge in [-0.25, -0.2) is 0 Å². The van der Waals surface area contributed by atoms with E-state index < -0.39 is 0 Å². The van der Waals surface area contributed by atoms with Gasteiger partial charge in [-0.05, 0) is 44.0 Å². The molecule has 7 heteroatoms. The number of ether oxygens (including phenoxy) is 1. The topological polar surface area (TPSA) is 69.0 Å². The number of hydrogen-bond acceptors (Lipinski definition) is 5.